The predicted octanol–water partition coefficient (Wildman–Crippen LogP) is 3.30. The van der Waals surface area contributed by atoms with Gasteiger partial charge in [0.2, 0.25) is 5.91 Å². The molecule has 2 atom stereocenters. The minimum absolute atomic E-state index is 0.0613. The van der Waals surface area contributed by atoms with Crippen LogP contribution in [0.3, 0.4) is 0 Å². The van der Waals surface area contributed by atoms with Gasteiger partial charge in [-0.1, -0.05) is 44.0 Å². The maximum atomic E-state index is 12.3. The smallest absolute Gasteiger partial charge is 0.248 e. The number of carbonyl (C=O) groups excluding carboxylic acids is 1. The Morgan fingerprint density at radius 2 is 1.88 bits per heavy atom. The summed E-state index contributed by atoms with van der Waals surface area (Å²) >= 11 is 0. The second-order valence-corrected chi connectivity index (χ2v) is 7.51. The fraction of sp³-hybridized carbons (Fsp3) is 0.650. The van der Waals surface area contributed by atoms with Crippen LogP contribution in [0.1, 0.15) is 43.7 Å². The van der Waals surface area contributed by atoms with Crippen molar-refractivity contribution in [1.82, 2.24) is 9.80 Å². The molecule has 1 aromatic rings. The Morgan fingerprint density at radius 3 is 2.54 bits per heavy atom. The summed E-state index contributed by atoms with van der Waals surface area (Å²) in [5, 5.41) is 0. The average Bonchev–Trinajstić information content (AvgIpc) is 2.52. The molecule has 134 valence electrons. The highest BCUT2D eigenvalue weighted by molar-refractivity contribution is 5.77. The Kier molecular flexibility index (Phi) is 7.25. The van der Waals surface area contributed by atoms with E-state index >= 15 is 0 Å². The number of carbonyl (C=O) groups is 1. The van der Waals surface area contributed by atoms with Gasteiger partial charge in [-0.05, 0) is 44.0 Å². The lowest BCUT2D eigenvalue weighted by Crippen LogP contribution is -2.32. The summed E-state index contributed by atoms with van der Waals surface area (Å²) in [6, 6.07) is 8.44. The van der Waals surface area contributed by atoms with Crippen molar-refractivity contribution in [3.8, 4) is 0 Å². The van der Waals surface area contributed by atoms with Crippen molar-refractivity contribution in [2.45, 2.75) is 51.8 Å². The van der Waals surface area contributed by atoms with Crippen LogP contribution in [0.2, 0.25) is 0 Å². The van der Waals surface area contributed by atoms with Gasteiger partial charge in [0.1, 0.15) is 6.61 Å². The summed E-state index contributed by atoms with van der Waals surface area (Å²) in [6.45, 7) is 4.01. The van der Waals surface area contributed by atoms with Crippen molar-refractivity contribution in [2.24, 2.45) is 5.92 Å². The molecule has 1 saturated carbocycles. The van der Waals surface area contributed by atoms with Crippen LogP contribution in [0.15, 0.2) is 24.3 Å². The molecular formula is C20H32N2O2. The van der Waals surface area contributed by atoms with Crippen LogP contribution in [0.4, 0.5) is 0 Å². The van der Waals surface area contributed by atoms with E-state index in [1.807, 2.05) is 7.05 Å². The molecule has 0 aliphatic heterocycles. The van der Waals surface area contributed by atoms with Crippen LogP contribution >= 0.6 is 0 Å². The molecule has 1 aromatic carbocycles. The number of rotatable bonds is 7. The van der Waals surface area contributed by atoms with Crippen LogP contribution in [-0.2, 0) is 22.6 Å². The quantitative estimate of drug-likeness (QED) is 0.768. The molecule has 0 heterocycles. The minimum atomic E-state index is 0.0613. The second-order valence-electron chi connectivity index (χ2n) is 7.51. The number of likely N-dealkylation sites (N-methyl/N-ethyl adjacent to an activating group) is 1. The molecule has 2 rings (SSSR count). The highest BCUT2D eigenvalue weighted by Crippen LogP contribution is 2.25. The van der Waals surface area contributed by atoms with Gasteiger partial charge in [0.25, 0.3) is 0 Å². The third kappa shape index (κ3) is 6.25. The first-order chi connectivity index (χ1) is 11.4. The van der Waals surface area contributed by atoms with E-state index in [0.29, 0.717) is 6.54 Å². The van der Waals surface area contributed by atoms with Crippen LogP contribution < -0.4 is 0 Å². The van der Waals surface area contributed by atoms with Crippen LogP contribution in [0.25, 0.3) is 0 Å². The Balaban J connectivity index is 1.80. The minimum Gasteiger partial charge on any atom is -0.368 e. The Bertz CT molecular complexity index is 530. The number of ether oxygens (including phenoxy) is 1. The molecule has 1 aliphatic carbocycles. The van der Waals surface area contributed by atoms with Crippen molar-refractivity contribution in [3.05, 3.63) is 35.4 Å². The van der Waals surface area contributed by atoms with E-state index in [4.69, 9.17) is 4.74 Å². The van der Waals surface area contributed by atoms with Crippen molar-refractivity contribution < 1.29 is 9.53 Å². The van der Waals surface area contributed by atoms with Crippen molar-refractivity contribution >= 4 is 5.91 Å². The molecule has 4 nitrogen and oxygen atoms in total. The van der Waals surface area contributed by atoms with E-state index in [2.05, 4.69) is 50.2 Å². The number of amides is 1. The number of hydrogen-bond donors (Lipinski definition) is 0. The van der Waals surface area contributed by atoms with Crippen molar-refractivity contribution in [3.63, 3.8) is 0 Å². The van der Waals surface area contributed by atoms with E-state index in [0.717, 1.165) is 30.9 Å². The summed E-state index contributed by atoms with van der Waals surface area (Å²) < 4.78 is 5.85. The maximum Gasteiger partial charge on any atom is 0.248 e. The standard InChI is InChI=1S/C20H32N2O2/c1-16-7-5-10-19(11-16)24-15-20(23)22(4)14-18-9-6-8-17(12-18)13-21(2)3/h6,8-9,12,16,19H,5,7,10-11,13-15H2,1-4H3. The number of hydrogen-bond acceptors (Lipinski definition) is 3. The summed E-state index contributed by atoms with van der Waals surface area (Å²) in [5.41, 5.74) is 2.43. The average molecular weight is 332 g/mol. The van der Waals surface area contributed by atoms with Crippen LogP contribution in [-0.4, -0.2) is 49.6 Å². The summed E-state index contributed by atoms with van der Waals surface area (Å²) in [7, 11) is 5.98. The number of nitrogens with zero attached hydrogens (tertiary/aromatic N) is 2. The van der Waals surface area contributed by atoms with Gasteiger partial charge in [-0.15, -0.1) is 0 Å². The van der Waals surface area contributed by atoms with E-state index < -0.39 is 0 Å². The zero-order valence-corrected chi connectivity index (χ0v) is 15.6. The first-order valence-corrected chi connectivity index (χ1v) is 9.02. The normalized spacial score (nSPS) is 21.0. The number of benzene rings is 1. The van der Waals surface area contributed by atoms with Gasteiger partial charge in [-0.3, -0.25) is 4.79 Å². The van der Waals surface area contributed by atoms with Gasteiger partial charge in [-0.2, -0.15) is 0 Å². The van der Waals surface area contributed by atoms with Gasteiger partial charge in [0.15, 0.2) is 0 Å². The van der Waals surface area contributed by atoms with Crippen molar-refractivity contribution in [2.75, 3.05) is 27.7 Å². The topological polar surface area (TPSA) is 32.8 Å². The molecule has 1 aliphatic rings. The van der Waals surface area contributed by atoms with E-state index in [1.54, 1.807) is 4.90 Å². The lowest BCUT2D eigenvalue weighted by Gasteiger charge is -2.27. The molecule has 1 amide bonds. The molecular weight excluding hydrogens is 300 g/mol. The third-order valence-corrected chi connectivity index (χ3v) is 4.67. The lowest BCUT2D eigenvalue weighted by molar-refractivity contribution is -0.138. The third-order valence-electron chi connectivity index (χ3n) is 4.67. The van der Waals surface area contributed by atoms with Crippen LogP contribution in [0, 0.1) is 5.92 Å². The zero-order valence-electron chi connectivity index (χ0n) is 15.6. The fourth-order valence-electron chi connectivity index (χ4n) is 3.38. The first kappa shape index (κ1) is 18.9. The lowest BCUT2D eigenvalue weighted by atomic mass is 9.89. The van der Waals surface area contributed by atoms with Gasteiger partial charge in [-0.25, -0.2) is 0 Å². The molecule has 4 heteroatoms. The molecule has 0 radical (unpaired) electrons. The highest BCUT2D eigenvalue weighted by atomic mass is 16.5. The SMILES string of the molecule is CC1CCCC(OCC(=O)N(C)Cc2cccc(CN(C)C)c2)C1. The monoisotopic (exact) mass is 332 g/mol. The predicted molar refractivity (Wildman–Crippen MR) is 97.7 cm³/mol. The van der Waals surface area contributed by atoms with Gasteiger partial charge < -0.3 is 14.5 Å². The Morgan fingerprint density at radius 1 is 1.17 bits per heavy atom. The molecule has 0 spiro atoms. The molecule has 0 aromatic heterocycles. The largest absolute Gasteiger partial charge is 0.368 e. The van der Waals surface area contributed by atoms with E-state index in [1.165, 1.54) is 18.4 Å². The van der Waals surface area contributed by atoms with Crippen molar-refractivity contribution in [1.29, 1.82) is 0 Å². The Hall–Kier alpha value is -1.39. The van der Waals surface area contributed by atoms with E-state index in [-0.39, 0.29) is 18.6 Å². The highest BCUT2D eigenvalue weighted by Gasteiger charge is 2.21. The summed E-state index contributed by atoms with van der Waals surface area (Å²) in [4.78, 5) is 16.2. The molecule has 0 bridgehead atoms. The van der Waals surface area contributed by atoms with Gasteiger partial charge in [0.05, 0.1) is 6.10 Å². The van der Waals surface area contributed by atoms with Gasteiger partial charge >= 0.3 is 0 Å². The fourth-order valence-corrected chi connectivity index (χ4v) is 3.38. The zero-order chi connectivity index (χ0) is 17.5. The molecule has 24 heavy (non-hydrogen) atoms. The van der Waals surface area contributed by atoms with Crippen LogP contribution in [0.5, 0.6) is 0 Å². The van der Waals surface area contributed by atoms with Gasteiger partial charge in [0, 0.05) is 20.1 Å². The molecule has 0 N–H and O–H groups in total. The summed E-state index contributed by atoms with van der Waals surface area (Å²) in [5.74, 6) is 0.780. The first-order valence-electron chi connectivity index (χ1n) is 9.02. The molecule has 0 saturated heterocycles. The molecule has 2 unspecified atom stereocenters. The summed E-state index contributed by atoms with van der Waals surface area (Å²) in [6.07, 6.45) is 4.94. The second kappa shape index (κ2) is 9.19. The Labute approximate surface area is 146 Å². The molecule has 1 fully saturated rings. The van der Waals surface area contributed by atoms with E-state index in [9.17, 15) is 4.79 Å². The maximum absolute atomic E-state index is 12.3.